The van der Waals surface area contributed by atoms with Crippen molar-refractivity contribution < 1.29 is 35.2 Å². The van der Waals surface area contributed by atoms with Crippen LogP contribution in [0.3, 0.4) is 0 Å². The Morgan fingerprint density at radius 2 is 1.90 bits per heavy atom. The summed E-state index contributed by atoms with van der Waals surface area (Å²) in [6, 6.07) is 0.309. The Labute approximate surface area is 178 Å². The highest BCUT2D eigenvalue weighted by Gasteiger charge is 2.39. The molecule has 0 saturated carbocycles. The molecule has 0 bridgehead atoms. The van der Waals surface area contributed by atoms with E-state index < -0.39 is 40.0 Å². The minimum atomic E-state index is -4.81. The van der Waals surface area contributed by atoms with E-state index >= 15 is 0 Å². The first-order chi connectivity index (χ1) is 14.3. The fourth-order valence-corrected chi connectivity index (χ4v) is 4.65. The third-order valence-corrected chi connectivity index (χ3v) is 6.06. The van der Waals surface area contributed by atoms with Crippen molar-refractivity contribution in [1.29, 1.82) is 0 Å². The second kappa shape index (κ2) is 8.28. The molecule has 1 aromatic heterocycles. The predicted molar refractivity (Wildman–Crippen MR) is 103 cm³/mol. The summed E-state index contributed by atoms with van der Waals surface area (Å²) in [5.41, 5.74) is -0.154. The van der Waals surface area contributed by atoms with Gasteiger partial charge in [-0.2, -0.15) is 26.3 Å². The van der Waals surface area contributed by atoms with Gasteiger partial charge in [0.05, 0.1) is 10.7 Å². The zero-order valence-electron chi connectivity index (χ0n) is 15.8. The molecule has 2 heterocycles. The lowest BCUT2D eigenvalue weighted by Crippen LogP contribution is -2.45. The van der Waals surface area contributed by atoms with Crippen LogP contribution in [0.4, 0.5) is 33.3 Å². The van der Waals surface area contributed by atoms with Crippen molar-refractivity contribution in [1.82, 2.24) is 9.29 Å². The van der Waals surface area contributed by atoms with Crippen molar-refractivity contribution in [2.75, 3.05) is 10.0 Å². The van der Waals surface area contributed by atoms with Crippen LogP contribution < -0.4 is 14.8 Å². The lowest BCUT2D eigenvalue weighted by molar-refractivity contribution is -0.147. The topological polar surface area (TPSA) is 92.2 Å². The Kier molecular flexibility index (Phi) is 6.22. The Balaban J connectivity index is 1.90. The molecule has 2 aromatic rings. The average molecular weight is 487 g/mol. The molecular weight excluding hydrogens is 471 g/mol. The van der Waals surface area contributed by atoms with Crippen molar-refractivity contribution in [3.8, 4) is 0 Å². The number of rotatable bonds is 6. The number of hydrogen-bond donors (Lipinski definition) is 3. The van der Waals surface area contributed by atoms with Gasteiger partial charge < -0.3 is 9.88 Å². The SMILES string of the molecule is C[C@@H](NS(=O)(=O)Nc1c(Cl)c(C(=O)Nc2ccc(F)c(F)c2)n2c1CCC2)C(F)(F)F. The van der Waals surface area contributed by atoms with E-state index in [2.05, 4.69) is 5.32 Å². The number of alkyl halides is 3. The molecule has 3 N–H and O–H groups in total. The summed E-state index contributed by atoms with van der Waals surface area (Å²) in [6.45, 7) is 0.926. The maximum Gasteiger partial charge on any atom is 0.404 e. The average Bonchev–Trinajstić information content (AvgIpc) is 3.19. The summed E-state index contributed by atoms with van der Waals surface area (Å²) in [4.78, 5) is 12.7. The first kappa shape index (κ1) is 23.3. The van der Waals surface area contributed by atoms with Crippen LogP contribution in [0.25, 0.3) is 0 Å². The summed E-state index contributed by atoms with van der Waals surface area (Å²) >= 11 is 6.20. The van der Waals surface area contributed by atoms with Crippen molar-refractivity contribution in [2.45, 2.75) is 38.5 Å². The number of nitrogens with zero attached hydrogens (tertiary/aromatic N) is 1. The number of halogens is 6. The van der Waals surface area contributed by atoms with E-state index in [1.54, 1.807) is 0 Å². The normalized spacial score (nSPS) is 14.9. The van der Waals surface area contributed by atoms with Gasteiger partial charge in [0.15, 0.2) is 11.6 Å². The molecule has 1 atom stereocenters. The second-order valence-corrected chi connectivity index (χ2v) is 8.63. The van der Waals surface area contributed by atoms with E-state index in [0.29, 0.717) is 32.0 Å². The zero-order valence-corrected chi connectivity index (χ0v) is 17.4. The monoisotopic (exact) mass is 486 g/mol. The maximum absolute atomic E-state index is 13.4. The highest BCUT2D eigenvalue weighted by molar-refractivity contribution is 7.90. The van der Waals surface area contributed by atoms with Crippen LogP contribution in [-0.4, -0.2) is 31.1 Å². The first-order valence-electron chi connectivity index (χ1n) is 8.84. The quantitative estimate of drug-likeness (QED) is 0.542. The van der Waals surface area contributed by atoms with Gasteiger partial charge in [-0.1, -0.05) is 11.6 Å². The Morgan fingerprint density at radius 3 is 2.52 bits per heavy atom. The minimum absolute atomic E-state index is 0.0729. The number of benzene rings is 1. The molecule has 0 saturated heterocycles. The number of nitrogens with one attached hydrogen (secondary N) is 3. The summed E-state index contributed by atoms with van der Waals surface area (Å²) < 4.78 is 93.7. The molecule has 0 spiro atoms. The summed E-state index contributed by atoms with van der Waals surface area (Å²) in [5, 5.41) is 2.00. The molecule has 7 nitrogen and oxygen atoms in total. The molecular formula is C17H16ClF5N4O3S. The standard InChI is InChI=1S/C17H16ClF5N4O3S/c1-8(17(21,22)23)25-31(29,30)26-14-12-3-2-6-27(12)15(13(14)18)16(28)24-9-4-5-10(19)11(20)7-9/h4-5,7-8,25-26H,2-3,6H2,1H3,(H,24,28)/t8-/m1/s1. The minimum Gasteiger partial charge on any atom is -0.337 e. The van der Waals surface area contributed by atoms with Crippen LogP contribution in [0.2, 0.25) is 5.02 Å². The first-order valence-corrected chi connectivity index (χ1v) is 10.7. The molecule has 1 amide bonds. The highest BCUT2D eigenvalue weighted by Crippen LogP contribution is 2.38. The molecule has 0 unspecified atom stereocenters. The van der Waals surface area contributed by atoms with Crippen LogP contribution in [0.15, 0.2) is 18.2 Å². The van der Waals surface area contributed by atoms with E-state index in [1.807, 2.05) is 4.72 Å². The molecule has 0 fully saturated rings. The number of aromatic nitrogens is 1. The lowest BCUT2D eigenvalue weighted by Gasteiger charge is -2.18. The van der Waals surface area contributed by atoms with Gasteiger partial charge in [0, 0.05) is 24.0 Å². The van der Waals surface area contributed by atoms with Crippen molar-refractivity contribution in [2.24, 2.45) is 0 Å². The smallest absolute Gasteiger partial charge is 0.337 e. The molecule has 0 radical (unpaired) electrons. The molecule has 170 valence electrons. The highest BCUT2D eigenvalue weighted by atomic mass is 35.5. The van der Waals surface area contributed by atoms with Crippen LogP contribution in [-0.2, 0) is 23.2 Å². The number of hydrogen-bond acceptors (Lipinski definition) is 3. The zero-order chi connectivity index (χ0) is 23.1. The summed E-state index contributed by atoms with van der Waals surface area (Å²) in [6.07, 6.45) is -3.97. The van der Waals surface area contributed by atoms with Gasteiger partial charge in [0.25, 0.3) is 16.1 Å². The third-order valence-electron chi connectivity index (χ3n) is 4.56. The molecule has 1 aromatic carbocycles. The van der Waals surface area contributed by atoms with Gasteiger partial charge in [-0.3, -0.25) is 9.52 Å². The molecule has 14 heteroatoms. The van der Waals surface area contributed by atoms with Gasteiger partial charge in [-0.15, -0.1) is 0 Å². The van der Waals surface area contributed by atoms with Crippen molar-refractivity contribution >= 4 is 39.1 Å². The Hall–Kier alpha value is -2.38. The number of carbonyl (C=O) groups excluding carboxylic acids is 1. The number of anilines is 2. The van der Waals surface area contributed by atoms with Crippen LogP contribution >= 0.6 is 11.6 Å². The molecule has 0 aliphatic carbocycles. The van der Waals surface area contributed by atoms with Crippen molar-refractivity contribution in [3.05, 3.63) is 46.2 Å². The van der Waals surface area contributed by atoms with E-state index in [9.17, 15) is 35.2 Å². The number of fused-ring (bicyclic) bond motifs is 1. The Morgan fingerprint density at radius 1 is 1.23 bits per heavy atom. The molecule has 1 aliphatic rings. The maximum atomic E-state index is 13.4. The summed E-state index contributed by atoms with van der Waals surface area (Å²) in [5.74, 6) is -3.14. The number of amides is 1. The second-order valence-electron chi connectivity index (χ2n) is 6.81. The predicted octanol–water partition coefficient (Wildman–Crippen LogP) is 3.82. The van der Waals surface area contributed by atoms with Gasteiger partial charge >= 0.3 is 6.18 Å². The van der Waals surface area contributed by atoms with Crippen LogP contribution in [0, 0.1) is 11.6 Å². The van der Waals surface area contributed by atoms with Gasteiger partial charge in [-0.25, -0.2) is 8.78 Å². The van der Waals surface area contributed by atoms with Gasteiger partial charge in [0.1, 0.15) is 11.7 Å². The number of carbonyl (C=O) groups is 1. The fourth-order valence-electron chi connectivity index (χ4n) is 3.10. The van der Waals surface area contributed by atoms with E-state index in [4.69, 9.17) is 11.6 Å². The van der Waals surface area contributed by atoms with Gasteiger partial charge in [-0.05, 0) is 31.9 Å². The lowest BCUT2D eigenvalue weighted by atomic mass is 10.2. The van der Waals surface area contributed by atoms with E-state index in [-0.39, 0.29) is 22.1 Å². The summed E-state index contributed by atoms with van der Waals surface area (Å²) in [7, 11) is -4.68. The molecule has 1 aliphatic heterocycles. The third kappa shape index (κ3) is 4.93. The van der Waals surface area contributed by atoms with E-state index in [1.165, 1.54) is 9.29 Å². The van der Waals surface area contributed by atoms with Crippen molar-refractivity contribution in [3.63, 3.8) is 0 Å². The fraction of sp³-hybridized carbons (Fsp3) is 0.353. The largest absolute Gasteiger partial charge is 0.404 e. The van der Waals surface area contributed by atoms with E-state index in [0.717, 1.165) is 18.2 Å². The van der Waals surface area contributed by atoms with Crippen LogP contribution in [0.1, 0.15) is 29.5 Å². The van der Waals surface area contributed by atoms with Crippen LogP contribution in [0.5, 0.6) is 0 Å². The molecule has 31 heavy (non-hydrogen) atoms. The molecule has 3 rings (SSSR count). The Bertz CT molecular complexity index is 1130. The van der Waals surface area contributed by atoms with Gasteiger partial charge in [0.2, 0.25) is 0 Å².